The lowest BCUT2D eigenvalue weighted by Gasteiger charge is -2.02. The van der Waals surface area contributed by atoms with Gasteiger partial charge in [-0.05, 0) is 19.4 Å². The third kappa shape index (κ3) is 2.13. The largest absolute Gasteiger partial charge is 0.252 e. The zero-order chi connectivity index (χ0) is 14.3. The van der Waals surface area contributed by atoms with Crippen molar-refractivity contribution < 1.29 is 0 Å². The lowest BCUT2D eigenvalue weighted by Crippen LogP contribution is -2.05. The average Bonchev–Trinajstić information content (AvgIpc) is 2.95. The van der Waals surface area contributed by atoms with Crippen molar-refractivity contribution in [2.45, 2.75) is 20.4 Å². The molecule has 0 saturated heterocycles. The molecule has 3 rings (SSSR count). The van der Waals surface area contributed by atoms with E-state index in [1.165, 1.54) is 15.9 Å². The highest BCUT2D eigenvalue weighted by molar-refractivity contribution is 7.18. The Morgan fingerprint density at radius 2 is 2.20 bits per heavy atom. The van der Waals surface area contributed by atoms with Crippen LogP contribution in [0, 0.1) is 25.2 Å². The van der Waals surface area contributed by atoms with Crippen LogP contribution in [-0.2, 0) is 6.54 Å². The molecule has 0 atom stereocenters. The summed E-state index contributed by atoms with van der Waals surface area (Å²) in [4.78, 5) is 14.7. The molecule has 0 aliphatic rings. The van der Waals surface area contributed by atoms with E-state index in [2.05, 4.69) is 20.1 Å². The number of fused-ring (bicyclic) bond motifs is 1. The van der Waals surface area contributed by atoms with E-state index in [9.17, 15) is 0 Å². The zero-order valence-electron chi connectivity index (χ0n) is 10.8. The summed E-state index contributed by atoms with van der Waals surface area (Å²) in [7, 11) is 0. The Morgan fingerprint density at radius 3 is 2.90 bits per heavy atom. The second-order valence-electron chi connectivity index (χ2n) is 4.27. The average molecular weight is 305 g/mol. The lowest BCUT2D eigenvalue weighted by atomic mass is 10.2. The molecular weight excluding hydrogens is 296 g/mol. The summed E-state index contributed by atoms with van der Waals surface area (Å²) < 4.78 is 1.52. The van der Waals surface area contributed by atoms with Crippen molar-refractivity contribution >= 4 is 33.2 Å². The molecule has 0 unspecified atom stereocenters. The maximum atomic E-state index is 8.70. The zero-order valence-corrected chi connectivity index (χ0v) is 12.3. The highest BCUT2D eigenvalue weighted by atomic mass is 35.5. The Balaban J connectivity index is 2.02. The highest BCUT2D eigenvalue weighted by Crippen LogP contribution is 2.32. The summed E-state index contributed by atoms with van der Waals surface area (Å²) in [5.41, 5.74) is 1.12. The van der Waals surface area contributed by atoms with Crippen molar-refractivity contribution in [1.82, 2.24) is 24.7 Å². The van der Waals surface area contributed by atoms with Gasteiger partial charge in [-0.15, -0.1) is 16.4 Å². The van der Waals surface area contributed by atoms with E-state index in [-0.39, 0.29) is 5.82 Å². The molecule has 0 fully saturated rings. The molecule has 0 aliphatic heterocycles. The molecule has 20 heavy (non-hydrogen) atoms. The molecule has 100 valence electrons. The number of thiophene rings is 1. The first kappa shape index (κ1) is 13.0. The van der Waals surface area contributed by atoms with Crippen LogP contribution in [0.3, 0.4) is 0 Å². The maximum Gasteiger partial charge on any atom is 0.252 e. The van der Waals surface area contributed by atoms with E-state index in [0.29, 0.717) is 17.5 Å². The minimum Gasteiger partial charge on any atom is -0.244 e. The van der Waals surface area contributed by atoms with Crippen LogP contribution in [0.2, 0.25) is 5.15 Å². The topological polar surface area (TPSA) is 80.3 Å². The van der Waals surface area contributed by atoms with Gasteiger partial charge in [-0.25, -0.2) is 19.6 Å². The summed E-state index contributed by atoms with van der Waals surface area (Å²) in [6.07, 6.45) is 1.48. The minimum absolute atomic E-state index is 0.125. The van der Waals surface area contributed by atoms with Gasteiger partial charge in [-0.2, -0.15) is 5.26 Å². The number of halogens is 1. The molecule has 3 aromatic heterocycles. The van der Waals surface area contributed by atoms with Crippen LogP contribution in [0.25, 0.3) is 10.2 Å². The van der Waals surface area contributed by atoms with Gasteiger partial charge in [0.1, 0.15) is 28.9 Å². The Morgan fingerprint density at radius 1 is 1.40 bits per heavy atom. The number of rotatable bonds is 2. The van der Waals surface area contributed by atoms with Crippen molar-refractivity contribution in [3.05, 3.63) is 33.6 Å². The maximum absolute atomic E-state index is 8.70. The van der Waals surface area contributed by atoms with Gasteiger partial charge in [0.05, 0.1) is 5.39 Å². The molecule has 0 radical (unpaired) electrons. The van der Waals surface area contributed by atoms with Gasteiger partial charge < -0.3 is 0 Å². The van der Waals surface area contributed by atoms with Crippen LogP contribution >= 0.6 is 22.9 Å². The van der Waals surface area contributed by atoms with Gasteiger partial charge >= 0.3 is 0 Å². The van der Waals surface area contributed by atoms with Crippen molar-refractivity contribution in [3.8, 4) is 6.07 Å². The van der Waals surface area contributed by atoms with Gasteiger partial charge in [-0.1, -0.05) is 11.6 Å². The van der Waals surface area contributed by atoms with E-state index in [1.807, 2.05) is 19.9 Å². The molecule has 0 amide bonds. The molecule has 0 bridgehead atoms. The van der Waals surface area contributed by atoms with E-state index in [4.69, 9.17) is 16.9 Å². The van der Waals surface area contributed by atoms with Gasteiger partial charge in [0.15, 0.2) is 5.82 Å². The van der Waals surface area contributed by atoms with Gasteiger partial charge in [0.25, 0.3) is 5.82 Å². The molecule has 0 aliphatic carbocycles. The first-order chi connectivity index (χ1) is 9.58. The molecule has 0 saturated carbocycles. The third-order valence-electron chi connectivity index (χ3n) is 2.97. The number of nitriles is 1. The Hall–Kier alpha value is -2.04. The molecular formula is C12H9ClN6S. The van der Waals surface area contributed by atoms with Crippen molar-refractivity contribution in [2.24, 2.45) is 0 Å². The smallest absolute Gasteiger partial charge is 0.244 e. The fourth-order valence-electron chi connectivity index (χ4n) is 1.88. The molecule has 8 heteroatoms. The SMILES string of the molecule is Cc1sc2nc(Cn3cnc(C#N)n3)nc(Cl)c2c1C. The van der Waals surface area contributed by atoms with Crippen LogP contribution in [-0.4, -0.2) is 24.7 Å². The number of hydrogen-bond acceptors (Lipinski definition) is 6. The van der Waals surface area contributed by atoms with Crippen LogP contribution in [0.15, 0.2) is 6.33 Å². The molecule has 3 aromatic rings. The summed E-state index contributed by atoms with van der Waals surface area (Å²) in [5, 5.41) is 14.0. The Kier molecular flexibility index (Phi) is 3.12. The fourth-order valence-corrected chi connectivity index (χ4v) is 3.31. The molecule has 3 heterocycles. The number of aromatic nitrogens is 5. The molecule has 0 aromatic carbocycles. The predicted octanol–water partition coefficient (Wildman–Crippen LogP) is 2.47. The second-order valence-corrected chi connectivity index (χ2v) is 5.83. The van der Waals surface area contributed by atoms with E-state index in [1.54, 1.807) is 11.3 Å². The molecule has 0 spiro atoms. The van der Waals surface area contributed by atoms with Crippen LogP contribution in [0.5, 0.6) is 0 Å². The summed E-state index contributed by atoms with van der Waals surface area (Å²) in [5.74, 6) is 0.679. The Labute approximate surface area is 123 Å². The van der Waals surface area contributed by atoms with Crippen molar-refractivity contribution in [1.29, 1.82) is 5.26 Å². The Bertz CT molecular complexity index is 844. The van der Waals surface area contributed by atoms with Crippen LogP contribution in [0.1, 0.15) is 22.1 Å². The summed E-state index contributed by atoms with van der Waals surface area (Å²) in [6.45, 7) is 4.38. The van der Waals surface area contributed by atoms with Crippen LogP contribution in [0.4, 0.5) is 0 Å². The number of nitrogens with zero attached hydrogens (tertiary/aromatic N) is 6. The minimum atomic E-state index is 0.125. The normalized spacial score (nSPS) is 10.9. The number of aryl methyl sites for hydroxylation is 2. The third-order valence-corrected chi connectivity index (χ3v) is 4.35. The van der Waals surface area contributed by atoms with Gasteiger partial charge in [0, 0.05) is 4.88 Å². The quantitative estimate of drug-likeness (QED) is 0.679. The van der Waals surface area contributed by atoms with Gasteiger partial charge in [0.2, 0.25) is 0 Å². The van der Waals surface area contributed by atoms with E-state index < -0.39 is 0 Å². The molecule has 6 nitrogen and oxygen atoms in total. The second kappa shape index (κ2) is 4.81. The summed E-state index contributed by atoms with van der Waals surface area (Å²) in [6, 6.07) is 1.88. The van der Waals surface area contributed by atoms with Crippen molar-refractivity contribution in [2.75, 3.05) is 0 Å². The first-order valence-corrected chi connectivity index (χ1v) is 6.99. The van der Waals surface area contributed by atoms with Crippen LogP contribution < -0.4 is 0 Å². The summed E-state index contributed by atoms with van der Waals surface area (Å²) >= 11 is 7.83. The number of hydrogen-bond donors (Lipinski definition) is 0. The van der Waals surface area contributed by atoms with Gasteiger partial charge in [-0.3, -0.25) is 0 Å². The monoisotopic (exact) mass is 304 g/mol. The standard InChI is InChI=1S/C12H9ClN6S/c1-6-7(2)20-12-10(6)11(13)16-9(17-12)4-19-5-15-8(3-14)18-19/h5H,4H2,1-2H3. The lowest BCUT2D eigenvalue weighted by molar-refractivity contribution is 0.654. The highest BCUT2D eigenvalue weighted by Gasteiger charge is 2.13. The fraction of sp³-hybridized carbons (Fsp3) is 0.250. The van der Waals surface area contributed by atoms with E-state index in [0.717, 1.165) is 15.8 Å². The molecule has 0 N–H and O–H groups in total. The first-order valence-electron chi connectivity index (χ1n) is 5.80. The van der Waals surface area contributed by atoms with E-state index >= 15 is 0 Å². The predicted molar refractivity (Wildman–Crippen MR) is 75.7 cm³/mol. The van der Waals surface area contributed by atoms with Crippen molar-refractivity contribution in [3.63, 3.8) is 0 Å².